The number of carboxylic acid groups (broad SMARTS) is 1. The van der Waals surface area contributed by atoms with Gasteiger partial charge in [-0.1, -0.05) is 0 Å². The first-order valence-electron chi connectivity index (χ1n) is 7.54. The Balaban J connectivity index is 2.83. The highest BCUT2D eigenvalue weighted by Crippen LogP contribution is 2.20. The lowest BCUT2D eigenvalue weighted by Crippen LogP contribution is -2.61. The molecule has 2 atom stereocenters. The molecule has 122 valence electrons. The number of amides is 2. The third-order valence-corrected chi connectivity index (χ3v) is 4.22. The van der Waals surface area contributed by atoms with Crippen molar-refractivity contribution in [3.8, 4) is 0 Å². The van der Waals surface area contributed by atoms with E-state index in [0.717, 1.165) is 0 Å². The van der Waals surface area contributed by atoms with Crippen molar-refractivity contribution in [2.45, 2.75) is 58.7 Å². The van der Waals surface area contributed by atoms with Gasteiger partial charge < -0.3 is 14.9 Å². The van der Waals surface area contributed by atoms with E-state index in [1.807, 2.05) is 25.7 Å². The Hall–Kier alpha value is -1.30. The summed E-state index contributed by atoms with van der Waals surface area (Å²) < 4.78 is 0. The van der Waals surface area contributed by atoms with Gasteiger partial charge >= 0.3 is 12.0 Å². The van der Waals surface area contributed by atoms with Gasteiger partial charge in [-0.3, -0.25) is 9.69 Å². The summed E-state index contributed by atoms with van der Waals surface area (Å²) in [6.07, 6.45) is -0.0259. The molecule has 6 nitrogen and oxygen atoms in total. The molecule has 0 saturated carbocycles. The van der Waals surface area contributed by atoms with Gasteiger partial charge in [-0.2, -0.15) is 0 Å². The van der Waals surface area contributed by atoms with Gasteiger partial charge in [0, 0.05) is 37.3 Å². The van der Waals surface area contributed by atoms with Crippen molar-refractivity contribution >= 4 is 12.0 Å². The number of carbonyl (C=O) groups excluding carboxylic acids is 1. The molecule has 1 heterocycles. The largest absolute Gasteiger partial charge is 0.481 e. The summed E-state index contributed by atoms with van der Waals surface area (Å²) in [4.78, 5) is 29.4. The van der Waals surface area contributed by atoms with Gasteiger partial charge in [-0.25, -0.2) is 4.79 Å². The number of carbonyl (C=O) groups is 2. The summed E-state index contributed by atoms with van der Waals surface area (Å²) in [6.45, 7) is 11.6. The molecule has 21 heavy (non-hydrogen) atoms. The molecule has 0 bridgehead atoms. The van der Waals surface area contributed by atoms with Crippen LogP contribution in [0.1, 0.15) is 41.0 Å². The summed E-state index contributed by atoms with van der Waals surface area (Å²) in [6, 6.07) is 0.550. The molecule has 1 N–H and O–H groups in total. The molecular formula is C15H29N3O3. The lowest BCUT2D eigenvalue weighted by Gasteiger charge is -2.46. The van der Waals surface area contributed by atoms with Gasteiger partial charge in [0.05, 0.1) is 6.42 Å². The fraction of sp³-hybridized carbons (Fsp3) is 0.867. The van der Waals surface area contributed by atoms with Crippen molar-refractivity contribution < 1.29 is 14.7 Å². The summed E-state index contributed by atoms with van der Waals surface area (Å²) in [7, 11) is 2.07. The first-order chi connectivity index (χ1) is 9.54. The average molecular weight is 299 g/mol. The van der Waals surface area contributed by atoms with Crippen LogP contribution >= 0.6 is 0 Å². The zero-order chi connectivity index (χ0) is 16.4. The molecular weight excluding hydrogens is 270 g/mol. The molecule has 6 heteroatoms. The number of hydrogen-bond acceptors (Lipinski definition) is 3. The molecule has 0 aromatic heterocycles. The van der Waals surface area contributed by atoms with Crippen LogP contribution in [0.5, 0.6) is 0 Å². The van der Waals surface area contributed by atoms with E-state index in [1.165, 1.54) is 0 Å². The molecule has 2 amide bonds. The maximum absolute atomic E-state index is 12.8. The summed E-state index contributed by atoms with van der Waals surface area (Å²) in [5.74, 6) is -0.878. The highest BCUT2D eigenvalue weighted by molar-refractivity contribution is 5.76. The van der Waals surface area contributed by atoms with Crippen LogP contribution in [0.25, 0.3) is 0 Å². The van der Waals surface area contributed by atoms with Gasteiger partial charge in [-0.15, -0.1) is 0 Å². The minimum absolute atomic E-state index is 0.0259. The normalized spacial score (nSPS) is 24.0. The predicted molar refractivity (Wildman–Crippen MR) is 82.4 cm³/mol. The number of rotatable bonds is 3. The predicted octanol–water partition coefficient (Wildman–Crippen LogP) is 1.71. The second-order valence-electron chi connectivity index (χ2n) is 7.02. The molecule has 0 aliphatic carbocycles. The fourth-order valence-electron chi connectivity index (χ4n) is 2.66. The van der Waals surface area contributed by atoms with Crippen LogP contribution in [0.3, 0.4) is 0 Å². The summed E-state index contributed by atoms with van der Waals surface area (Å²) >= 11 is 0. The third kappa shape index (κ3) is 4.59. The SMILES string of the molecule is CC1CN(C(=O)N(CCC(=O)O)C(C)(C)C)CC(C)N1C. The van der Waals surface area contributed by atoms with E-state index in [9.17, 15) is 9.59 Å². The van der Waals surface area contributed by atoms with Gasteiger partial charge in [-0.05, 0) is 41.7 Å². The van der Waals surface area contributed by atoms with Gasteiger partial charge in [0.25, 0.3) is 0 Å². The van der Waals surface area contributed by atoms with E-state index < -0.39 is 5.97 Å². The number of likely N-dealkylation sites (N-methyl/N-ethyl adjacent to an activating group) is 1. The van der Waals surface area contributed by atoms with Crippen LogP contribution in [-0.4, -0.2) is 76.1 Å². The van der Waals surface area contributed by atoms with E-state index in [1.54, 1.807) is 4.90 Å². The molecule has 1 rings (SSSR count). The van der Waals surface area contributed by atoms with E-state index in [4.69, 9.17) is 5.11 Å². The van der Waals surface area contributed by atoms with Crippen LogP contribution in [0, 0.1) is 0 Å². The summed E-state index contributed by atoms with van der Waals surface area (Å²) in [5.41, 5.74) is -0.387. The molecule has 1 fully saturated rings. The third-order valence-electron chi connectivity index (χ3n) is 4.22. The molecule has 1 aliphatic rings. The number of hydrogen-bond donors (Lipinski definition) is 1. The number of nitrogens with zero attached hydrogens (tertiary/aromatic N) is 3. The molecule has 0 radical (unpaired) electrons. The van der Waals surface area contributed by atoms with Gasteiger partial charge in [0.2, 0.25) is 0 Å². The Morgan fingerprint density at radius 2 is 1.67 bits per heavy atom. The van der Waals surface area contributed by atoms with Crippen LogP contribution in [0.15, 0.2) is 0 Å². The van der Waals surface area contributed by atoms with Crippen molar-refractivity contribution in [3.05, 3.63) is 0 Å². The molecule has 0 aromatic carbocycles. The van der Waals surface area contributed by atoms with Crippen LogP contribution in [0.2, 0.25) is 0 Å². The highest BCUT2D eigenvalue weighted by Gasteiger charge is 2.35. The van der Waals surface area contributed by atoms with E-state index >= 15 is 0 Å². The zero-order valence-electron chi connectivity index (χ0n) is 14.1. The van der Waals surface area contributed by atoms with Crippen LogP contribution in [0.4, 0.5) is 4.79 Å². The van der Waals surface area contributed by atoms with Crippen molar-refractivity contribution in [2.75, 3.05) is 26.7 Å². The molecule has 1 saturated heterocycles. The van der Waals surface area contributed by atoms with E-state index in [-0.39, 0.29) is 24.5 Å². The zero-order valence-corrected chi connectivity index (χ0v) is 14.1. The molecule has 2 unspecified atom stereocenters. The quantitative estimate of drug-likeness (QED) is 0.861. The van der Waals surface area contributed by atoms with Crippen molar-refractivity contribution in [1.82, 2.24) is 14.7 Å². The smallest absolute Gasteiger partial charge is 0.320 e. The number of aliphatic carboxylic acids is 1. The Labute approximate surface area is 127 Å². The minimum Gasteiger partial charge on any atom is -0.481 e. The number of carboxylic acids is 1. The Kier molecular flexibility index (Phi) is 5.61. The number of urea groups is 1. The van der Waals surface area contributed by atoms with Crippen molar-refractivity contribution in [1.29, 1.82) is 0 Å². The summed E-state index contributed by atoms with van der Waals surface area (Å²) in [5, 5.41) is 8.88. The lowest BCUT2D eigenvalue weighted by atomic mass is 10.1. The average Bonchev–Trinajstić information content (AvgIpc) is 2.33. The van der Waals surface area contributed by atoms with Crippen molar-refractivity contribution in [2.24, 2.45) is 0 Å². The topological polar surface area (TPSA) is 64.1 Å². The van der Waals surface area contributed by atoms with Gasteiger partial charge in [0.15, 0.2) is 0 Å². The second kappa shape index (κ2) is 6.64. The lowest BCUT2D eigenvalue weighted by molar-refractivity contribution is -0.137. The first kappa shape index (κ1) is 17.8. The molecule has 0 aromatic rings. The standard InChI is InChI=1S/C15H29N3O3/c1-11-9-17(10-12(2)16(11)6)14(21)18(15(3,4)5)8-7-13(19)20/h11-12H,7-10H2,1-6H3,(H,19,20). The maximum atomic E-state index is 12.8. The first-order valence-corrected chi connectivity index (χ1v) is 7.54. The number of piperazine rings is 1. The Morgan fingerprint density at radius 1 is 1.19 bits per heavy atom. The van der Waals surface area contributed by atoms with Gasteiger partial charge in [0.1, 0.15) is 0 Å². The van der Waals surface area contributed by atoms with E-state index in [2.05, 4.69) is 25.8 Å². The minimum atomic E-state index is -0.878. The van der Waals surface area contributed by atoms with Crippen molar-refractivity contribution in [3.63, 3.8) is 0 Å². The van der Waals surface area contributed by atoms with Crippen LogP contribution in [-0.2, 0) is 4.79 Å². The monoisotopic (exact) mass is 299 g/mol. The Bertz CT molecular complexity index is 380. The fourth-order valence-corrected chi connectivity index (χ4v) is 2.66. The van der Waals surface area contributed by atoms with E-state index in [0.29, 0.717) is 25.2 Å². The maximum Gasteiger partial charge on any atom is 0.320 e. The van der Waals surface area contributed by atoms with Crippen LogP contribution < -0.4 is 0 Å². The molecule has 1 aliphatic heterocycles. The molecule has 0 spiro atoms. The second-order valence-corrected chi connectivity index (χ2v) is 7.02. The highest BCUT2D eigenvalue weighted by atomic mass is 16.4. The Morgan fingerprint density at radius 3 is 2.05 bits per heavy atom.